The van der Waals surface area contributed by atoms with Crippen molar-refractivity contribution >= 4 is 22.7 Å². The molecule has 1 amide bonds. The highest BCUT2D eigenvalue weighted by Crippen LogP contribution is 2.40. The van der Waals surface area contributed by atoms with Crippen LogP contribution in [0.15, 0.2) is 22.6 Å². The van der Waals surface area contributed by atoms with E-state index in [4.69, 9.17) is 4.42 Å². The van der Waals surface area contributed by atoms with Gasteiger partial charge in [-0.3, -0.25) is 4.79 Å². The van der Waals surface area contributed by atoms with Gasteiger partial charge in [0.05, 0.1) is 0 Å². The van der Waals surface area contributed by atoms with Crippen LogP contribution in [0, 0.1) is 5.92 Å². The summed E-state index contributed by atoms with van der Waals surface area (Å²) in [7, 11) is 0. The highest BCUT2D eigenvalue weighted by atomic mass is 16.3. The molecule has 1 heterocycles. The number of carbonyl (C=O) groups is 1. The van der Waals surface area contributed by atoms with Gasteiger partial charge in [-0.1, -0.05) is 13.8 Å². The molecule has 3 rings (SSSR count). The summed E-state index contributed by atoms with van der Waals surface area (Å²) >= 11 is 0. The second kappa shape index (κ2) is 5.85. The molecule has 112 valence electrons. The Morgan fingerprint density at radius 3 is 3.00 bits per heavy atom. The van der Waals surface area contributed by atoms with Crippen LogP contribution in [0.3, 0.4) is 0 Å². The number of hydrogen-bond acceptors (Lipinski definition) is 4. The Kier molecular flexibility index (Phi) is 3.92. The molecule has 0 radical (unpaired) electrons. The lowest BCUT2D eigenvalue weighted by Gasteiger charge is -2.12. The van der Waals surface area contributed by atoms with Crippen molar-refractivity contribution in [2.24, 2.45) is 5.92 Å². The second-order valence-electron chi connectivity index (χ2n) is 5.71. The molecule has 0 aliphatic heterocycles. The summed E-state index contributed by atoms with van der Waals surface area (Å²) in [5.74, 6) is 1.27. The van der Waals surface area contributed by atoms with Crippen molar-refractivity contribution in [2.75, 3.05) is 18.4 Å². The Labute approximate surface area is 124 Å². The minimum Gasteiger partial charge on any atom is -0.440 e. The van der Waals surface area contributed by atoms with Gasteiger partial charge in [0.2, 0.25) is 5.91 Å². The molecule has 5 heteroatoms. The summed E-state index contributed by atoms with van der Waals surface area (Å²) < 4.78 is 5.72. The molecule has 1 aromatic heterocycles. The van der Waals surface area contributed by atoms with Crippen molar-refractivity contribution in [1.29, 1.82) is 0 Å². The van der Waals surface area contributed by atoms with Crippen LogP contribution >= 0.6 is 0 Å². The van der Waals surface area contributed by atoms with Crippen LogP contribution < -0.4 is 10.6 Å². The lowest BCUT2D eigenvalue weighted by atomic mass is 10.1. The largest absolute Gasteiger partial charge is 0.440 e. The van der Waals surface area contributed by atoms with Crippen LogP contribution in [0.2, 0.25) is 0 Å². The van der Waals surface area contributed by atoms with Crippen molar-refractivity contribution in [3.8, 4) is 0 Å². The number of carbonyl (C=O) groups excluding carboxylic acids is 1. The molecule has 1 fully saturated rings. The molecule has 1 aliphatic rings. The molecule has 21 heavy (non-hydrogen) atoms. The van der Waals surface area contributed by atoms with Gasteiger partial charge in [-0.2, -0.15) is 0 Å². The van der Waals surface area contributed by atoms with E-state index < -0.39 is 0 Å². The third-order valence-electron chi connectivity index (χ3n) is 3.75. The van der Waals surface area contributed by atoms with E-state index in [9.17, 15) is 4.79 Å². The monoisotopic (exact) mass is 287 g/mol. The highest BCUT2D eigenvalue weighted by molar-refractivity contribution is 5.94. The second-order valence-corrected chi connectivity index (χ2v) is 5.71. The van der Waals surface area contributed by atoms with E-state index in [0.29, 0.717) is 12.5 Å². The molecule has 1 saturated carbocycles. The number of oxazole rings is 1. The molecule has 0 spiro atoms. The van der Waals surface area contributed by atoms with E-state index in [1.165, 1.54) is 12.8 Å². The number of nitrogens with one attached hydrogen (secondary N) is 2. The maximum Gasteiger partial charge on any atom is 0.228 e. The highest BCUT2D eigenvalue weighted by Gasteiger charge is 2.28. The Bertz CT molecular complexity index is 646. The van der Waals surface area contributed by atoms with Crippen LogP contribution in [0.25, 0.3) is 11.1 Å². The van der Waals surface area contributed by atoms with Gasteiger partial charge in [0.15, 0.2) is 11.5 Å². The minimum atomic E-state index is -0.0695. The summed E-state index contributed by atoms with van der Waals surface area (Å²) in [6.07, 6.45) is 2.33. The number of amides is 1. The Morgan fingerprint density at radius 2 is 2.29 bits per heavy atom. The number of anilines is 1. The van der Waals surface area contributed by atoms with E-state index in [-0.39, 0.29) is 11.8 Å². The molecule has 0 saturated heterocycles. The first-order valence-electron chi connectivity index (χ1n) is 7.59. The van der Waals surface area contributed by atoms with Crippen LogP contribution in [0.5, 0.6) is 0 Å². The third kappa shape index (κ3) is 3.24. The minimum absolute atomic E-state index is 0.0150. The quantitative estimate of drug-likeness (QED) is 0.857. The molecule has 1 atom stereocenters. The molecule has 1 unspecified atom stereocenters. The first-order chi connectivity index (χ1) is 10.2. The fourth-order valence-electron chi connectivity index (χ4n) is 2.25. The summed E-state index contributed by atoms with van der Waals surface area (Å²) in [4.78, 5) is 16.6. The van der Waals surface area contributed by atoms with Crippen molar-refractivity contribution in [1.82, 2.24) is 10.3 Å². The molecular weight excluding hydrogens is 266 g/mol. The average Bonchev–Trinajstić information content (AvgIpc) is 3.24. The number of fused-ring (bicyclic) bond motifs is 1. The molecule has 0 bridgehead atoms. The van der Waals surface area contributed by atoms with E-state index in [1.807, 2.05) is 32.0 Å². The van der Waals surface area contributed by atoms with Gasteiger partial charge < -0.3 is 15.1 Å². The predicted octanol–water partition coefficient (Wildman–Crippen LogP) is 2.89. The van der Waals surface area contributed by atoms with Crippen molar-refractivity contribution < 1.29 is 9.21 Å². The fourth-order valence-corrected chi connectivity index (χ4v) is 2.25. The summed E-state index contributed by atoms with van der Waals surface area (Å²) in [5.41, 5.74) is 2.37. The molecule has 1 aliphatic carbocycles. The zero-order chi connectivity index (χ0) is 14.8. The first-order valence-corrected chi connectivity index (χ1v) is 7.59. The van der Waals surface area contributed by atoms with Gasteiger partial charge in [-0.15, -0.1) is 0 Å². The molecular formula is C16H21N3O2. The lowest BCUT2D eigenvalue weighted by Crippen LogP contribution is -2.30. The molecule has 2 aromatic rings. The van der Waals surface area contributed by atoms with Crippen molar-refractivity contribution in [3.05, 3.63) is 24.1 Å². The van der Waals surface area contributed by atoms with E-state index in [0.717, 1.165) is 29.2 Å². The normalized spacial score (nSPS) is 16.1. The molecule has 1 aromatic carbocycles. The summed E-state index contributed by atoms with van der Waals surface area (Å²) in [6, 6.07) is 5.61. The zero-order valence-corrected chi connectivity index (χ0v) is 12.5. The van der Waals surface area contributed by atoms with Crippen molar-refractivity contribution in [3.63, 3.8) is 0 Å². The Morgan fingerprint density at radius 1 is 1.48 bits per heavy atom. The van der Waals surface area contributed by atoms with Crippen LogP contribution in [0.1, 0.15) is 38.5 Å². The van der Waals surface area contributed by atoms with E-state index in [2.05, 4.69) is 15.6 Å². The lowest BCUT2D eigenvalue weighted by molar-refractivity contribution is -0.119. The van der Waals surface area contributed by atoms with Gasteiger partial charge in [0.1, 0.15) is 5.52 Å². The topological polar surface area (TPSA) is 67.2 Å². The van der Waals surface area contributed by atoms with Gasteiger partial charge in [-0.25, -0.2) is 4.98 Å². The summed E-state index contributed by atoms with van der Waals surface area (Å²) in [5, 5.41) is 6.12. The number of hydrogen-bond donors (Lipinski definition) is 2. The van der Waals surface area contributed by atoms with Gasteiger partial charge >= 0.3 is 0 Å². The smallest absolute Gasteiger partial charge is 0.228 e. The van der Waals surface area contributed by atoms with Crippen LogP contribution in [-0.2, 0) is 4.79 Å². The molecule has 2 N–H and O–H groups in total. The predicted molar refractivity (Wildman–Crippen MR) is 82.3 cm³/mol. The third-order valence-corrected chi connectivity index (χ3v) is 3.75. The summed E-state index contributed by atoms with van der Waals surface area (Å²) in [6.45, 7) is 5.49. The van der Waals surface area contributed by atoms with Crippen LogP contribution in [-0.4, -0.2) is 24.0 Å². The zero-order valence-electron chi connectivity index (χ0n) is 12.5. The number of rotatable bonds is 6. The van der Waals surface area contributed by atoms with E-state index >= 15 is 0 Å². The Hall–Kier alpha value is -1.88. The SMILES string of the molecule is CCNCC(C)C(=O)Nc1ccc2oc(C3CC3)nc2c1. The number of benzene rings is 1. The number of nitrogens with zero attached hydrogens (tertiary/aromatic N) is 1. The van der Waals surface area contributed by atoms with Gasteiger partial charge in [0, 0.05) is 24.1 Å². The van der Waals surface area contributed by atoms with E-state index in [1.54, 1.807) is 0 Å². The Balaban J connectivity index is 1.70. The standard InChI is InChI=1S/C16H21N3O2/c1-3-17-9-10(2)15(20)18-12-6-7-14-13(8-12)19-16(21-14)11-4-5-11/h6-8,10-11,17H,3-5,9H2,1-2H3,(H,18,20). The maximum absolute atomic E-state index is 12.1. The number of aromatic nitrogens is 1. The van der Waals surface area contributed by atoms with Crippen LogP contribution in [0.4, 0.5) is 5.69 Å². The van der Waals surface area contributed by atoms with Gasteiger partial charge in [-0.05, 0) is 37.6 Å². The fraction of sp³-hybridized carbons (Fsp3) is 0.500. The van der Waals surface area contributed by atoms with Crippen molar-refractivity contribution in [2.45, 2.75) is 32.6 Å². The maximum atomic E-state index is 12.1. The average molecular weight is 287 g/mol. The molecule has 5 nitrogen and oxygen atoms in total. The first kappa shape index (κ1) is 14.1. The van der Waals surface area contributed by atoms with Gasteiger partial charge in [0.25, 0.3) is 0 Å².